The molecule has 4 nitrogen and oxygen atoms in total. The van der Waals surface area contributed by atoms with Crippen LogP contribution in [-0.2, 0) is 20.7 Å². The summed E-state index contributed by atoms with van der Waals surface area (Å²) in [5.74, 6) is 0. The molecule has 0 bridgehead atoms. The molecule has 0 aliphatic rings. The van der Waals surface area contributed by atoms with Crippen LogP contribution in [0.4, 0.5) is 0 Å². The van der Waals surface area contributed by atoms with E-state index in [4.69, 9.17) is 4.18 Å². The average molecular weight is 229 g/mol. The Hall–Kier alpha value is -0.910. The van der Waals surface area contributed by atoms with Gasteiger partial charge in [-0.3, -0.25) is 9.50 Å². The molecule has 0 aromatic heterocycles. The van der Waals surface area contributed by atoms with Gasteiger partial charge in [-0.15, -0.1) is 0 Å². The molecule has 0 amide bonds. The van der Waals surface area contributed by atoms with Gasteiger partial charge in [0.15, 0.2) is 0 Å². The first-order chi connectivity index (χ1) is 7.01. The molecule has 0 fully saturated rings. The highest BCUT2D eigenvalue weighted by molar-refractivity contribution is 7.86. The first kappa shape index (κ1) is 12.2. The van der Waals surface area contributed by atoms with Gasteiger partial charge in [-0.1, -0.05) is 30.3 Å². The van der Waals surface area contributed by atoms with Crippen LogP contribution in [0, 0.1) is 0 Å². The number of benzene rings is 1. The predicted octanol–water partition coefficient (Wildman–Crippen LogP) is 0.751. The molecule has 1 rings (SSSR count). The number of nitrogens with one attached hydrogen (secondary N) is 1. The van der Waals surface area contributed by atoms with Crippen molar-refractivity contribution in [2.24, 2.45) is 0 Å². The van der Waals surface area contributed by atoms with E-state index >= 15 is 0 Å². The molecule has 0 aliphatic heterocycles. The lowest BCUT2D eigenvalue weighted by Crippen LogP contribution is -2.32. The van der Waals surface area contributed by atoms with Crippen molar-refractivity contribution in [2.45, 2.75) is 12.6 Å². The predicted molar refractivity (Wildman–Crippen MR) is 58.9 cm³/mol. The molecule has 0 saturated carbocycles. The first-order valence-electron chi connectivity index (χ1n) is 4.61. The summed E-state index contributed by atoms with van der Waals surface area (Å²) in [6.07, 6.45) is 1.05. The minimum absolute atomic E-state index is 0.512. The fourth-order valence-electron chi connectivity index (χ4n) is 1.22. The Morgan fingerprint density at radius 2 is 1.93 bits per heavy atom. The number of hydrogen-bond donors (Lipinski definition) is 1. The molecular weight excluding hydrogens is 214 g/mol. The summed E-state index contributed by atoms with van der Waals surface area (Å²) < 4.78 is 26.7. The highest BCUT2D eigenvalue weighted by Gasteiger charge is 2.13. The second-order valence-electron chi connectivity index (χ2n) is 3.27. The van der Waals surface area contributed by atoms with Crippen LogP contribution in [0.5, 0.6) is 0 Å². The van der Waals surface area contributed by atoms with Crippen molar-refractivity contribution in [1.82, 2.24) is 5.32 Å². The molecule has 1 N–H and O–H groups in total. The second kappa shape index (κ2) is 5.25. The van der Waals surface area contributed by atoms with Gasteiger partial charge < -0.3 is 0 Å². The van der Waals surface area contributed by atoms with Crippen LogP contribution >= 0.6 is 0 Å². The summed E-state index contributed by atoms with van der Waals surface area (Å²) in [6.45, 7) is 0. The Morgan fingerprint density at radius 1 is 1.33 bits per heavy atom. The molecule has 1 aromatic rings. The molecule has 0 spiro atoms. The Bertz CT molecular complexity index is 388. The smallest absolute Gasteiger partial charge is 0.265 e. The largest absolute Gasteiger partial charge is 0.294 e. The number of likely N-dealkylation sites (N-methyl/N-ethyl adjacent to an activating group) is 1. The Kier molecular flexibility index (Phi) is 4.26. The summed E-state index contributed by atoms with van der Waals surface area (Å²) in [6, 6.07) is 9.58. The zero-order valence-electron chi connectivity index (χ0n) is 8.80. The maximum atomic E-state index is 10.9. The minimum atomic E-state index is -3.42. The fraction of sp³-hybridized carbons (Fsp3) is 0.400. The van der Waals surface area contributed by atoms with E-state index in [-0.39, 0.29) is 0 Å². The molecule has 15 heavy (non-hydrogen) atoms. The van der Waals surface area contributed by atoms with Crippen molar-refractivity contribution >= 4 is 10.1 Å². The SMILES string of the molecule is CNC(Cc1ccccc1)OS(C)(=O)=O. The van der Waals surface area contributed by atoms with Gasteiger partial charge >= 0.3 is 0 Å². The Labute approximate surface area is 90.4 Å². The lowest BCUT2D eigenvalue weighted by atomic mass is 10.1. The molecule has 1 atom stereocenters. The van der Waals surface area contributed by atoms with Gasteiger partial charge in [0.1, 0.15) is 6.23 Å². The third kappa shape index (κ3) is 4.92. The van der Waals surface area contributed by atoms with Crippen molar-refractivity contribution in [3.8, 4) is 0 Å². The van der Waals surface area contributed by atoms with Crippen molar-refractivity contribution < 1.29 is 12.6 Å². The summed E-state index contributed by atoms with van der Waals surface area (Å²) in [7, 11) is -1.75. The maximum absolute atomic E-state index is 10.9. The monoisotopic (exact) mass is 229 g/mol. The summed E-state index contributed by atoms with van der Waals surface area (Å²) in [5.41, 5.74) is 1.03. The van der Waals surface area contributed by atoms with E-state index in [9.17, 15) is 8.42 Å². The van der Waals surface area contributed by atoms with Crippen LogP contribution in [0.3, 0.4) is 0 Å². The number of hydrogen-bond acceptors (Lipinski definition) is 4. The zero-order valence-corrected chi connectivity index (χ0v) is 9.62. The van der Waals surface area contributed by atoms with Crippen molar-refractivity contribution in [1.29, 1.82) is 0 Å². The highest BCUT2D eigenvalue weighted by atomic mass is 32.2. The van der Waals surface area contributed by atoms with Gasteiger partial charge in [-0.25, -0.2) is 0 Å². The van der Waals surface area contributed by atoms with E-state index in [1.807, 2.05) is 30.3 Å². The topological polar surface area (TPSA) is 55.4 Å². The second-order valence-corrected chi connectivity index (χ2v) is 4.87. The van der Waals surface area contributed by atoms with Crippen LogP contribution in [0.1, 0.15) is 5.56 Å². The molecular formula is C10H15NO3S. The van der Waals surface area contributed by atoms with Crippen LogP contribution in [0.25, 0.3) is 0 Å². The third-order valence-electron chi connectivity index (χ3n) is 1.88. The van der Waals surface area contributed by atoms with E-state index in [1.54, 1.807) is 7.05 Å². The molecule has 0 radical (unpaired) electrons. The molecule has 84 valence electrons. The quantitative estimate of drug-likeness (QED) is 0.598. The molecule has 1 aromatic carbocycles. The minimum Gasteiger partial charge on any atom is -0.294 e. The normalized spacial score (nSPS) is 13.7. The van der Waals surface area contributed by atoms with Crippen LogP contribution < -0.4 is 5.32 Å². The van der Waals surface area contributed by atoms with E-state index in [2.05, 4.69) is 5.32 Å². The van der Waals surface area contributed by atoms with Crippen molar-refractivity contribution in [3.05, 3.63) is 35.9 Å². The van der Waals surface area contributed by atoms with Gasteiger partial charge in [-0.2, -0.15) is 8.42 Å². The van der Waals surface area contributed by atoms with Crippen LogP contribution in [0.15, 0.2) is 30.3 Å². The lowest BCUT2D eigenvalue weighted by molar-refractivity contribution is 0.184. The summed E-state index contributed by atoms with van der Waals surface area (Å²) in [4.78, 5) is 0. The fourth-order valence-corrected chi connectivity index (χ4v) is 1.81. The third-order valence-corrected chi connectivity index (χ3v) is 2.46. The summed E-state index contributed by atoms with van der Waals surface area (Å²) >= 11 is 0. The first-order valence-corrected chi connectivity index (χ1v) is 6.42. The molecule has 0 heterocycles. The van der Waals surface area contributed by atoms with E-state index in [0.717, 1.165) is 11.8 Å². The van der Waals surface area contributed by atoms with Gasteiger partial charge in [0.25, 0.3) is 10.1 Å². The van der Waals surface area contributed by atoms with E-state index in [1.165, 1.54) is 0 Å². The lowest BCUT2D eigenvalue weighted by Gasteiger charge is -2.15. The molecule has 0 saturated heterocycles. The van der Waals surface area contributed by atoms with Gasteiger partial charge in [-0.05, 0) is 12.6 Å². The van der Waals surface area contributed by atoms with Crippen molar-refractivity contribution in [3.63, 3.8) is 0 Å². The standard InChI is InChI=1S/C10H15NO3S/c1-11-10(14-15(2,12)13)8-9-6-4-3-5-7-9/h3-7,10-11H,8H2,1-2H3. The Balaban J connectivity index is 2.63. The highest BCUT2D eigenvalue weighted by Crippen LogP contribution is 2.05. The zero-order chi connectivity index (χ0) is 11.3. The molecule has 1 unspecified atom stereocenters. The summed E-state index contributed by atoms with van der Waals surface area (Å²) in [5, 5.41) is 2.81. The molecule has 5 heteroatoms. The van der Waals surface area contributed by atoms with Crippen LogP contribution in [-0.4, -0.2) is 27.9 Å². The van der Waals surface area contributed by atoms with E-state index < -0.39 is 16.3 Å². The van der Waals surface area contributed by atoms with Gasteiger partial charge in [0.05, 0.1) is 6.26 Å². The maximum Gasteiger partial charge on any atom is 0.265 e. The number of rotatable bonds is 5. The van der Waals surface area contributed by atoms with E-state index in [0.29, 0.717) is 6.42 Å². The van der Waals surface area contributed by atoms with Gasteiger partial charge in [0.2, 0.25) is 0 Å². The van der Waals surface area contributed by atoms with Gasteiger partial charge in [0, 0.05) is 6.42 Å². The van der Waals surface area contributed by atoms with Crippen LogP contribution in [0.2, 0.25) is 0 Å². The Morgan fingerprint density at radius 3 is 2.40 bits per heavy atom. The molecule has 0 aliphatic carbocycles. The van der Waals surface area contributed by atoms with Crippen molar-refractivity contribution in [2.75, 3.05) is 13.3 Å². The average Bonchev–Trinajstić information content (AvgIpc) is 2.16.